The lowest BCUT2D eigenvalue weighted by Crippen LogP contribution is -1.95. The number of rotatable bonds is 4. The summed E-state index contributed by atoms with van der Waals surface area (Å²) >= 11 is 0. The van der Waals surface area contributed by atoms with E-state index in [-0.39, 0.29) is 0 Å². The number of hydrogen-bond acceptors (Lipinski definition) is 2. The van der Waals surface area contributed by atoms with Gasteiger partial charge in [0.25, 0.3) is 0 Å². The van der Waals surface area contributed by atoms with Crippen LogP contribution in [0.3, 0.4) is 0 Å². The van der Waals surface area contributed by atoms with E-state index in [9.17, 15) is 0 Å². The summed E-state index contributed by atoms with van der Waals surface area (Å²) in [6.45, 7) is 4.21. The molecule has 1 aromatic rings. The Morgan fingerprint density at radius 2 is 2.00 bits per heavy atom. The van der Waals surface area contributed by atoms with Gasteiger partial charge in [-0.25, -0.2) is 0 Å². The van der Waals surface area contributed by atoms with Gasteiger partial charge in [0.05, 0.1) is 12.8 Å². The molecule has 0 aromatic heterocycles. The molecule has 2 nitrogen and oxygen atoms in total. The van der Waals surface area contributed by atoms with E-state index in [1.165, 1.54) is 11.1 Å². The van der Waals surface area contributed by atoms with E-state index in [0.29, 0.717) is 0 Å². The maximum absolute atomic E-state index is 4.81. The van der Waals surface area contributed by atoms with Crippen LogP contribution in [0.25, 0.3) is 0 Å². The Labute approximate surface area is 85.5 Å². The molecule has 0 saturated carbocycles. The van der Waals surface area contributed by atoms with E-state index in [1.54, 1.807) is 7.11 Å². The predicted molar refractivity (Wildman–Crippen MR) is 60.2 cm³/mol. The summed E-state index contributed by atoms with van der Waals surface area (Å²) in [7, 11) is 1.61. The van der Waals surface area contributed by atoms with Crippen LogP contribution in [0.1, 0.15) is 19.4 Å². The van der Waals surface area contributed by atoms with Crippen LogP contribution in [0.15, 0.2) is 35.9 Å². The first-order valence-electron chi connectivity index (χ1n) is 4.76. The quantitative estimate of drug-likeness (QED) is 0.583. The molecule has 0 amide bonds. The molecule has 2 heteroatoms. The summed E-state index contributed by atoms with van der Waals surface area (Å²) in [5.74, 6) is 0. The average molecular weight is 191 g/mol. The fraction of sp³-hybridized carbons (Fsp3) is 0.333. The van der Waals surface area contributed by atoms with E-state index in [2.05, 4.69) is 37.5 Å². The van der Waals surface area contributed by atoms with Crippen molar-refractivity contribution in [1.29, 1.82) is 0 Å². The first-order chi connectivity index (χ1) is 6.76. The minimum atomic E-state index is 0.981. The Balaban J connectivity index is 2.64. The molecule has 0 aliphatic rings. The van der Waals surface area contributed by atoms with Gasteiger partial charge in [-0.2, -0.15) is 0 Å². The summed E-state index contributed by atoms with van der Waals surface area (Å²) in [5, 5.41) is 0. The van der Waals surface area contributed by atoms with Crippen LogP contribution in [0.5, 0.6) is 0 Å². The van der Waals surface area contributed by atoms with E-state index in [1.807, 2.05) is 12.1 Å². The van der Waals surface area contributed by atoms with Gasteiger partial charge in [0, 0.05) is 0 Å². The second kappa shape index (κ2) is 5.45. The van der Waals surface area contributed by atoms with Gasteiger partial charge in [0.1, 0.15) is 0 Å². The molecule has 14 heavy (non-hydrogen) atoms. The van der Waals surface area contributed by atoms with Gasteiger partial charge in [-0.15, -0.1) is 0 Å². The maximum Gasteiger partial charge on any atom is 0.0636 e. The van der Waals surface area contributed by atoms with Crippen molar-refractivity contribution in [3.63, 3.8) is 0 Å². The van der Waals surface area contributed by atoms with E-state index >= 15 is 0 Å². The fourth-order valence-electron chi connectivity index (χ4n) is 1.23. The molecule has 0 spiro atoms. The van der Waals surface area contributed by atoms with Crippen LogP contribution in [0, 0.1) is 0 Å². The summed E-state index contributed by atoms with van der Waals surface area (Å²) in [6.07, 6.45) is 3.16. The lowest BCUT2D eigenvalue weighted by molar-refractivity contribution is 0.271. The molecule has 0 heterocycles. The zero-order chi connectivity index (χ0) is 10.4. The molecule has 0 atom stereocenters. The van der Waals surface area contributed by atoms with Crippen molar-refractivity contribution in [3.05, 3.63) is 41.5 Å². The first kappa shape index (κ1) is 10.8. The van der Waals surface area contributed by atoms with Crippen LogP contribution >= 0.6 is 0 Å². The number of allylic oxidation sites excluding steroid dienone is 2. The monoisotopic (exact) mass is 191 g/mol. The highest BCUT2D eigenvalue weighted by Crippen LogP contribution is 2.12. The van der Waals surface area contributed by atoms with E-state index in [4.69, 9.17) is 4.84 Å². The van der Waals surface area contributed by atoms with E-state index in [0.717, 1.165) is 12.1 Å². The molecule has 0 saturated heterocycles. The van der Waals surface area contributed by atoms with Crippen LogP contribution in [0.2, 0.25) is 0 Å². The smallest absolute Gasteiger partial charge is 0.0636 e. The number of benzene rings is 1. The van der Waals surface area contributed by atoms with Gasteiger partial charge in [0.15, 0.2) is 0 Å². The summed E-state index contributed by atoms with van der Waals surface area (Å²) in [6, 6.07) is 8.24. The number of anilines is 1. The van der Waals surface area contributed by atoms with Crippen LogP contribution in [0.4, 0.5) is 5.69 Å². The molecule has 0 radical (unpaired) electrons. The highest BCUT2D eigenvalue weighted by molar-refractivity contribution is 5.43. The third-order valence-corrected chi connectivity index (χ3v) is 2.15. The Kier molecular flexibility index (Phi) is 4.20. The lowest BCUT2D eigenvalue weighted by atomic mass is 10.1. The molecule has 0 aliphatic carbocycles. The van der Waals surface area contributed by atoms with E-state index < -0.39 is 0 Å². The minimum Gasteiger partial charge on any atom is -0.279 e. The molecular formula is C12H17NO. The molecule has 1 rings (SSSR count). The van der Waals surface area contributed by atoms with Crippen molar-refractivity contribution in [2.75, 3.05) is 12.6 Å². The SMILES string of the molecule is C/C=C(\C)Cc1ccc(NOC)cc1. The first-order valence-corrected chi connectivity index (χ1v) is 4.76. The molecule has 0 fully saturated rings. The molecule has 1 aromatic carbocycles. The van der Waals surface area contributed by atoms with Gasteiger partial charge in [-0.05, 0) is 38.0 Å². The molecule has 0 bridgehead atoms. The molecule has 0 aliphatic heterocycles. The van der Waals surface area contributed by atoms with Crippen molar-refractivity contribution in [1.82, 2.24) is 0 Å². The maximum atomic E-state index is 4.81. The van der Waals surface area contributed by atoms with Crippen molar-refractivity contribution >= 4 is 5.69 Å². The summed E-state index contributed by atoms with van der Waals surface area (Å²) < 4.78 is 0. The summed E-state index contributed by atoms with van der Waals surface area (Å²) in [4.78, 5) is 4.81. The van der Waals surface area contributed by atoms with Crippen molar-refractivity contribution in [2.45, 2.75) is 20.3 Å². The largest absolute Gasteiger partial charge is 0.279 e. The number of nitrogens with one attached hydrogen (secondary N) is 1. The molecule has 76 valence electrons. The van der Waals surface area contributed by atoms with Gasteiger partial charge >= 0.3 is 0 Å². The highest BCUT2D eigenvalue weighted by Gasteiger charge is 1.94. The Hall–Kier alpha value is -1.28. The topological polar surface area (TPSA) is 21.3 Å². The van der Waals surface area contributed by atoms with Crippen LogP contribution in [-0.4, -0.2) is 7.11 Å². The average Bonchev–Trinajstić information content (AvgIpc) is 2.21. The lowest BCUT2D eigenvalue weighted by Gasteiger charge is -2.05. The third-order valence-electron chi connectivity index (χ3n) is 2.15. The second-order valence-corrected chi connectivity index (χ2v) is 3.31. The molecular weight excluding hydrogens is 174 g/mol. The Morgan fingerprint density at radius 1 is 1.36 bits per heavy atom. The Morgan fingerprint density at radius 3 is 2.50 bits per heavy atom. The normalized spacial score (nSPS) is 11.5. The molecule has 1 N–H and O–H groups in total. The second-order valence-electron chi connectivity index (χ2n) is 3.31. The predicted octanol–water partition coefficient (Wildman–Crippen LogP) is 3.17. The highest BCUT2D eigenvalue weighted by atomic mass is 16.6. The van der Waals surface area contributed by atoms with Crippen molar-refractivity contribution in [3.8, 4) is 0 Å². The van der Waals surface area contributed by atoms with Gasteiger partial charge in [0.2, 0.25) is 0 Å². The summed E-state index contributed by atoms with van der Waals surface area (Å²) in [5.41, 5.74) is 6.48. The zero-order valence-electron chi connectivity index (χ0n) is 9.00. The van der Waals surface area contributed by atoms with Gasteiger partial charge < -0.3 is 0 Å². The molecule has 0 unspecified atom stereocenters. The van der Waals surface area contributed by atoms with Gasteiger partial charge in [-0.3, -0.25) is 10.3 Å². The van der Waals surface area contributed by atoms with Crippen LogP contribution in [-0.2, 0) is 11.3 Å². The van der Waals surface area contributed by atoms with Crippen molar-refractivity contribution < 1.29 is 4.84 Å². The zero-order valence-corrected chi connectivity index (χ0v) is 9.00. The Bertz CT molecular complexity index is 301. The minimum absolute atomic E-state index is 0.981. The third kappa shape index (κ3) is 3.23. The van der Waals surface area contributed by atoms with Crippen molar-refractivity contribution in [2.24, 2.45) is 0 Å². The standard InChI is InChI=1S/C12H17NO/c1-4-10(2)9-11-5-7-12(8-6-11)13-14-3/h4-8,13H,9H2,1-3H3/b10-4+. The van der Waals surface area contributed by atoms with Crippen LogP contribution < -0.4 is 5.48 Å². The fourth-order valence-corrected chi connectivity index (χ4v) is 1.23. The number of hydrogen-bond donors (Lipinski definition) is 1. The van der Waals surface area contributed by atoms with Gasteiger partial charge in [-0.1, -0.05) is 23.8 Å².